The molecule has 1 aliphatic carbocycles. The molecule has 1 aromatic heterocycles. The maximum Gasteiger partial charge on any atom is 0.410 e. The fourth-order valence-corrected chi connectivity index (χ4v) is 4.00. The average Bonchev–Trinajstić information content (AvgIpc) is 3.34. The molecule has 1 amide bonds. The Balaban J connectivity index is 1.65. The number of benzene rings is 1. The van der Waals surface area contributed by atoms with Gasteiger partial charge in [-0.25, -0.2) is 4.79 Å². The molecule has 2 heterocycles. The molecule has 1 aliphatic heterocycles. The van der Waals surface area contributed by atoms with Crippen molar-refractivity contribution < 1.29 is 14.5 Å². The molecule has 0 N–H and O–H groups in total. The predicted molar refractivity (Wildman–Crippen MR) is 116 cm³/mol. The van der Waals surface area contributed by atoms with Crippen molar-refractivity contribution in [2.24, 2.45) is 5.92 Å². The summed E-state index contributed by atoms with van der Waals surface area (Å²) < 4.78 is 7.72. The second-order valence-electron chi connectivity index (χ2n) is 9.53. The molecular formula is C23H29N3O4. The fraction of sp³-hybridized carbons (Fsp3) is 0.522. The Labute approximate surface area is 176 Å². The van der Waals surface area contributed by atoms with Crippen LogP contribution in [0.4, 0.5) is 4.79 Å². The molecule has 0 spiro atoms. The maximum atomic E-state index is 12.3. The van der Waals surface area contributed by atoms with Gasteiger partial charge in [-0.05, 0) is 51.2 Å². The third kappa shape index (κ3) is 4.20. The Morgan fingerprint density at radius 3 is 2.60 bits per heavy atom. The van der Waals surface area contributed by atoms with Crippen molar-refractivity contribution in [3.8, 4) is 0 Å². The maximum absolute atomic E-state index is 12.3. The van der Waals surface area contributed by atoms with Crippen LogP contribution in [0, 0.1) is 16.0 Å². The number of fused-ring (bicyclic) bond motifs is 1. The lowest BCUT2D eigenvalue weighted by Crippen LogP contribution is -2.50. The minimum atomic E-state index is -0.503. The van der Waals surface area contributed by atoms with Gasteiger partial charge in [-0.1, -0.05) is 18.2 Å². The van der Waals surface area contributed by atoms with Gasteiger partial charge in [0.25, 0.3) is 0 Å². The molecule has 1 saturated heterocycles. The van der Waals surface area contributed by atoms with Gasteiger partial charge in [0.15, 0.2) is 0 Å². The largest absolute Gasteiger partial charge is 0.444 e. The van der Waals surface area contributed by atoms with Gasteiger partial charge in [0.2, 0.25) is 5.70 Å². The number of amides is 1. The van der Waals surface area contributed by atoms with Crippen molar-refractivity contribution in [3.05, 3.63) is 51.3 Å². The van der Waals surface area contributed by atoms with Crippen LogP contribution in [0.3, 0.4) is 0 Å². The molecule has 0 bridgehead atoms. The second kappa shape index (κ2) is 7.45. The summed E-state index contributed by atoms with van der Waals surface area (Å²) >= 11 is 0. The van der Waals surface area contributed by atoms with Crippen molar-refractivity contribution in [2.75, 3.05) is 13.1 Å². The molecule has 2 aliphatic rings. The van der Waals surface area contributed by atoms with E-state index in [0.29, 0.717) is 19.0 Å². The lowest BCUT2D eigenvalue weighted by atomic mass is 9.90. The number of hydrogen-bond donors (Lipinski definition) is 0. The van der Waals surface area contributed by atoms with Gasteiger partial charge >= 0.3 is 6.09 Å². The van der Waals surface area contributed by atoms with Crippen molar-refractivity contribution >= 4 is 23.1 Å². The first-order valence-electron chi connectivity index (χ1n) is 10.5. The molecular weight excluding hydrogens is 382 g/mol. The smallest absolute Gasteiger partial charge is 0.410 e. The monoisotopic (exact) mass is 411 g/mol. The molecule has 2 aromatic rings. The number of carbonyl (C=O) groups is 1. The quantitative estimate of drug-likeness (QED) is 0.511. The summed E-state index contributed by atoms with van der Waals surface area (Å²) in [6, 6.07) is 8.25. The summed E-state index contributed by atoms with van der Waals surface area (Å²) in [6.45, 7) is 9.27. The average molecular weight is 412 g/mol. The zero-order valence-electron chi connectivity index (χ0n) is 18.1. The van der Waals surface area contributed by atoms with Crippen LogP contribution in [0.25, 0.3) is 17.0 Å². The third-order valence-corrected chi connectivity index (χ3v) is 5.74. The minimum absolute atomic E-state index is 0.135. The zero-order chi connectivity index (χ0) is 21.6. The molecule has 0 radical (unpaired) electrons. The number of nitro groups is 1. The molecule has 2 fully saturated rings. The Bertz CT molecular complexity index is 1020. The lowest BCUT2D eigenvalue weighted by Gasteiger charge is -2.40. The van der Waals surface area contributed by atoms with Gasteiger partial charge in [-0.2, -0.15) is 0 Å². The Morgan fingerprint density at radius 1 is 1.30 bits per heavy atom. The predicted octanol–water partition coefficient (Wildman–Crippen LogP) is 5.02. The molecule has 4 rings (SSSR count). The summed E-state index contributed by atoms with van der Waals surface area (Å²) in [4.78, 5) is 24.9. The van der Waals surface area contributed by atoms with E-state index in [0.717, 1.165) is 23.1 Å². The molecule has 0 unspecified atom stereocenters. The number of allylic oxidation sites excluding steroid dienone is 1. The van der Waals surface area contributed by atoms with Gasteiger partial charge in [0.1, 0.15) is 5.60 Å². The highest BCUT2D eigenvalue weighted by atomic mass is 16.6. The van der Waals surface area contributed by atoms with Gasteiger partial charge in [0.05, 0.1) is 10.4 Å². The minimum Gasteiger partial charge on any atom is -0.444 e. The highest BCUT2D eigenvalue weighted by molar-refractivity contribution is 5.87. The summed E-state index contributed by atoms with van der Waals surface area (Å²) in [5.74, 6) is 0.874. The number of rotatable bonds is 5. The lowest BCUT2D eigenvalue weighted by molar-refractivity contribution is -0.422. The molecule has 1 aromatic carbocycles. The second-order valence-corrected chi connectivity index (χ2v) is 9.53. The van der Waals surface area contributed by atoms with E-state index in [-0.39, 0.29) is 22.6 Å². The normalized spacial score (nSPS) is 17.9. The summed E-state index contributed by atoms with van der Waals surface area (Å²) in [5.41, 5.74) is 2.85. The molecule has 30 heavy (non-hydrogen) atoms. The fourth-order valence-electron chi connectivity index (χ4n) is 4.00. The van der Waals surface area contributed by atoms with Crippen LogP contribution in [0.5, 0.6) is 0 Å². The van der Waals surface area contributed by atoms with Crippen molar-refractivity contribution in [2.45, 2.75) is 58.6 Å². The number of para-hydroxylation sites is 1. The van der Waals surface area contributed by atoms with E-state index in [1.807, 2.05) is 32.9 Å². The van der Waals surface area contributed by atoms with Gasteiger partial charge in [0, 0.05) is 49.6 Å². The van der Waals surface area contributed by atoms with Gasteiger partial charge in [-0.15, -0.1) is 0 Å². The van der Waals surface area contributed by atoms with Crippen LogP contribution < -0.4 is 0 Å². The highest BCUT2D eigenvalue weighted by Crippen LogP contribution is 2.38. The Kier molecular flexibility index (Phi) is 5.08. The van der Waals surface area contributed by atoms with E-state index in [2.05, 4.69) is 16.7 Å². The number of hydrogen-bond acceptors (Lipinski definition) is 4. The van der Waals surface area contributed by atoms with Crippen molar-refractivity contribution in [3.63, 3.8) is 0 Å². The number of nitrogens with zero attached hydrogens (tertiary/aromatic N) is 3. The number of likely N-dealkylation sites (tertiary alicyclic amines) is 1. The first kappa shape index (κ1) is 20.4. The van der Waals surface area contributed by atoms with Gasteiger partial charge in [-0.3, -0.25) is 10.1 Å². The van der Waals surface area contributed by atoms with Gasteiger partial charge < -0.3 is 14.2 Å². The molecule has 1 saturated carbocycles. The van der Waals surface area contributed by atoms with Crippen LogP contribution >= 0.6 is 0 Å². The van der Waals surface area contributed by atoms with E-state index >= 15 is 0 Å². The summed E-state index contributed by atoms with van der Waals surface area (Å²) in [7, 11) is 0. The molecule has 7 nitrogen and oxygen atoms in total. The molecule has 160 valence electrons. The highest BCUT2D eigenvalue weighted by Gasteiger charge is 2.36. The topological polar surface area (TPSA) is 77.6 Å². The molecule has 7 heteroatoms. The van der Waals surface area contributed by atoms with Crippen molar-refractivity contribution in [1.29, 1.82) is 0 Å². The van der Waals surface area contributed by atoms with Crippen LogP contribution in [0.2, 0.25) is 0 Å². The first-order chi connectivity index (χ1) is 14.1. The standard InChI is InChI=1S/C23H29N3O4/c1-15(26(28)29)10-19-11-17-6-5-7-20(21(17)25(19)12-16-8-9-16)18-13-24(14-18)22(27)30-23(2,3)4/h5-7,10-11,16,18H,8-9,12-14H2,1-4H3/b15-10+. The van der Waals surface area contributed by atoms with Crippen LogP contribution in [0.1, 0.15) is 57.7 Å². The van der Waals surface area contributed by atoms with E-state index in [1.165, 1.54) is 25.3 Å². The number of ether oxygens (including phenoxy) is 1. The zero-order valence-corrected chi connectivity index (χ0v) is 18.1. The Morgan fingerprint density at radius 2 is 2.00 bits per heavy atom. The third-order valence-electron chi connectivity index (χ3n) is 5.74. The van der Waals surface area contributed by atoms with Crippen LogP contribution in [0.15, 0.2) is 30.0 Å². The van der Waals surface area contributed by atoms with Crippen LogP contribution in [-0.2, 0) is 11.3 Å². The summed E-state index contributed by atoms with van der Waals surface area (Å²) in [6.07, 6.45) is 3.80. The first-order valence-corrected chi connectivity index (χ1v) is 10.5. The summed E-state index contributed by atoms with van der Waals surface area (Å²) in [5, 5.41) is 12.3. The van der Waals surface area contributed by atoms with E-state index in [9.17, 15) is 14.9 Å². The number of carbonyl (C=O) groups excluding carboxylic acids is 1. The van der Waals surface area contributed by atoms with E-state index in [4.69, 9.17) is 4.74 Å². The molecule has 0 atom stereocenters. The van der Waals surface area contributed by atoms with E-state index in [1.54, 1.807) is 11.0 Å². The Hall–Kier alpha value is -2.83. The van der Waals surface area contributed by atoms with E-state index < -0.39 is 5.60 Å². The SMILES string of the molecule is C/C(=C\c1cc2cccc(C3CN(C(=O)OC(C)(C)C)C3)c2n1CC1CC1)[N+](=O)[O-]. The number of aromatic nitrogens is 1. The van der Waals surface area contributed by atoms with Crippen LogP contribution in [-0.4, -0.2) is 39.2 Å². The van der Waals surface area contributed by atoms with Crippen molar-refractivity contribution in [1.82, 2.24) is 9.47 Å².